The molecule has 0 unspecified atom stereocenters. The van der Waals surface area contributed by atoms with E-state index in [0.29, 0.717) is 0 Å². The van der Waals surface area contributed by atoms with Gasteiger partial charge in [-0.05, 0) is 25.0 Å². The van der Waals surface area contributed by atoms with Crippen molar-refractivity contribution >= 4 is 17.7 Å². The highest BCUT2D eigenvalue weighted by Crippen LogP contribution is 2.62. The Hall–Kier alpha value is -0.200. The minimum Gasteiger partial charge on any atom is -0.312 e. The second-order valence-corrected chi connectivity index (χ2v) is 9.39. The summed E-state index contributed by atoms with van der Waals surface area (Å²) in [7, 11) is 0. The first-order chi connectivity index (χ1) is 7.20. The highest BCUT2D eigenvalue weighted by Gasteiger charge is 2.21. The fourth-order valence-corrected chi connectivity index (χ4v) is 7.15. The summed E-state index contributed by atoms with van der Waals surface area (Å²) in [5.74, 6) is 0. The Morgan fingerprint density at radius 1 is 1.07 bits per heavy atom. The van der Waals surface area contributed by atoms with Crippen LogP contribution in [-0.2, 0) is 4.57 Å². The Balaban J connectivity index is 2.71. The Morgan fingerprint density at radius 3 is 2.07 bits per heavy atom. The van der Waals surface area contributed by atoms with E-state index < -0.39 is 6.34 Å². The van der Waals surface area contributed by atoms with Gasteiger partial charge in [-0.25, -0.2) is 0 Å². The van der Waals surface area contributed by atoms with Gasteiger partial charge in [0.25, 0.3) is 0 Å². The summed E-state index contributed by atoms with van der Waals surface area (Å²) in [6.45, 7) is 4.21. The molecule has 0 aliphatic rings. The van der Waals surface area contributed by atoms with Crippen LogP contribution in [0.5, 0.6) is 0 Å². The lowest BCUT2D eigenvalue weighted by Crippen LogP contribution is -1.90. The first kappa shape index (κ1) is 12.9. The van der Waals surface area contributed by atoms with Crippen LogP contribution in [0.15, 0.2) is 35.2 Å². The Kier molecular flexibility index (Phi) is 5.49. The molecule has 0 amide bonds. The third kappa shape index (κ3) is 4.44. The van der Waals surface area contributed by atoms with E-state index in [-0.39, 0.29) is 0 Å². The molecule has 84 valence electrons. The van der Waals surface area contributed by atoms with Crippen LogP contribution in [0.3, 0.4) is 0 Å². The maximum Gasteiger partial charge on any atom is 0.143 e. The molecule has 1 nitrogen and oxygen atoms in total. The lowest BCUT2D eigenvalue weighted by Gasteiger charge is -2.15. The largest absolute Gasteiger partial charge is 0.312 e. The molecule has 0 heterocycles. The van der Waals surface area contributed by atoms with Gasteiger partial charge in [0, 0.05) is 17.2 Å². The molecule has 0 saturated carbocycles. The first-order valence-corrected chi connectivity index (χ1v) is 9.03. The van der Waals surface area contributed by atoms with Crippen molar-refractivity contribution in [3.8, 4) is 0 Å². The molecule has 0 bridgehead atoms. The van der Waals surface area contributed by atoms with Crippen molar-refractivity contribution in [3.63, 3.8) is 0 Å². The lowest BCUT2D eigenvalue weighted by molar-refractivity contribution is 0.583. The van der Waals surface area contributed by atoms with E-state index in [1.54, 1.807) is 11.4 Å². The van der Waals surface area contributed by atoms with Crippen LogP contribution in [0.4, 0.5) is 0 Å². The van der Waals surface area contributed by atoms with Crippen molar-refractivity contribution in [2.45, 2.75) is 31.6 Å². The maximum absolute atomic E-state index is 12.5. The highest BCUT2D eigenvalue weighted by molar-refractivity contribution is 8.58. The minimum atomic E-state index is -2.02. The first-order valence-electron chi connectivity index (χ1n) is 5.53. The molecule has 0 spiro atoms. The third-order valence-corrected chi connectivity index (χ3v) is 7.94. The SMILES string of the molecule is CCCP(=O)(CCC)Sc1ccccc1. The monoisotopic (exact) mass is 242 g/mol. The summed E-state index contributed by atoms with van der Waals surface area (Å²) in [6.07, 6.45) is 1.72. The zero-order chi connectivity index (χ0) is 11.1. The standard InChI is InChI=1S/C12H19OPS/c1-3-10-14(13,11-4-2)15-12-8-6-5-7-9-12/h5-9H,3-4,10-11H2,1-2H3. The van der Waals surface area contributed by atoms with E-state index >= 15 is 0 Å². The lowest BCUT2D eigenvalue weighted by atomic mass is 10.4. The number of benzene rings is 1. The molecule has 0 aromatic heterocycles. The third-order valence-electron chi connectivity index (χ3n) is 2.14. The molecule has 0 aliphatic carbocycles. The van der Waals surface area contributed by atoms with Crippen molar-refractivity contribution in [2.75, 3.05) is 12.3 Å². The fraction of sp³-hybridized carbons (Fsp3) is 0.500. The average Bonchev–Trinajstić information content (AvgIpc) is 2.19. The average molecular weight is 242 g/mol. The quantitative estimate of drug-likeness (QED) is 0.661. The second kappa shape index (κ2) is 6.40. The molecular weight excluding hydrogens is 223 g/mol. The molecule has 0 radical (unpaired) electrons. The van der Waals surface area contributed by atoms with Gasteiger partial charge in [-0.1, -0.05) is 43.4 Å². The summed E-state index contributed by atoms with van der Waals surface area (Å²) in [4.78, 5) is 1.14. The van der Waals surface area contributed by atoms with Crippen LogP contribution in [0.1, 0.15) is 26.7 Å². The maximum atomic E-state index is 12.5. The van der Waals surface area contributed by atoms with Crippen molar-refractivity contribution in [1.29, 1.82) is 0 Å². The van der Waals surface area contributed by atoms with E-state index in [1.807, 2.05) is 30.3 Å². The fourth-order valence-electron chi connectivity index (χ4n) is 1.56. The van der Waals surface area contributed by atoms with E-state index in [4.69, 9.17) is 0 Å². The van der Waals surface area contributed by atoms with Crippen molar-refractivity contribution in [2.24, 2.45) is 0 Å². The number of rotatable bonds is 6. The smallest absolute Gasteiger partial charge is 0.143 e. The van der Waals surface area contributed by atoms with E-state index in [1.165, 1.54) is 0 Å². The van der Waals surface area contributed by atoms with Crippen LogP contribution in [-0.4, -0.2) is 12.3 Å². The topological polar surface area (TPSA) is 17.1 Å². The molecule has 1 rings (SSSR count). The summed E-state index contributed by atoms with van der Waals surface area (Å²) >= 11 is 1.60. The molecule has 3 heteroatoms. The molecule has 1 aromatic rings. The van der Waals surface area contributed by atoms with Crippen molar-refractivity contribution in [3.05, 3.63) is 30.3 Å². The van der Waals surface area contributed by atoms with Gasteiger partial charge in [0.05, 0.1) is 0 Å². The number of hydrogen-bond donors (Lipinski definition) is 0. The molecular formula is C12H19OPS. The number of hydrogen-bond acceptors (Lipinski definition) is 2. The Labute approximate surface area is 96.8 Å². The highest BCUT2D eigenvalue weighted by atomic mass is 32.7. The molecule has 0 N–H and O–H groups in total. The van der Waals surface area contributed by atoms with E-state index in [9.17, 15) is 4.57 Å². The molecule has 0 saturated heterocycles. The van der Waals surface area contributed by atoms with E-state index in [2.05, 4.69) is 13.8 Å². The molecule has 15 heavy (non-hydrogen) atoms. The van der Waals surface area contributed by atoms with Gasteiger partial charge < -0.3 is 4.57 Å². The summed E-state index contributed by atoms with van der Waals surface area (Å²) in [5, 5.41) is 0. The van der Waals surface area contributed by atoms with Gasteiger partial charge in [0.1, 0.15) is 6.34 Å². The normalized spacial score (nSPS) is 11.6. The van der Waals surface area contributed by atoms with Gasteiger partial charge in [0.15, 0.2) is 0 Å². The summed E-state index contributed by atoms with van der Waals surface area (Å²) in [6, 6.07) is 10.1. The van der Waals surface area contributed by atoms with Gasteiger partial charge in [-0.2, -0.15) is 0 Å². The van der Waals surface area contributed by atoms with Crippen molar-refractivity contribution in [1.82, 2.24) is 0 Å². The predicted octanol–water partition coefficient (Wildman–Crippen LogP) is 4.88. The predicted molar refractivity (Wildman–Crippen MR) is 70.2 cm³/mol. The molecule has 1 aromatic carbocycles. The Morgan fingerprint density at radius 2 is 1.60 bits per heavy atom. The minimum absolute atomic E-state index is 0.862. The van der Waals surface area contributed by atoms with Gasteiger partial charge in [0.2, 0.25) is 0 Å². The molecule has 0 fully saturated rings. The summed E-state index contributed by atoms with van der Waals surface area (Å²) in [5.41, 5.74) is 0. The van der Waals surface area contributed by atoms with Crippen LogP contribution >= 0.6 is 17.7 Å². The van der Waals surface area contributed by atoms with Gasteiger partial charge in [-0.3, -0.25) is 0 Å². The van der Waals surface area contributed by atoms with Crippen LogP contribution < -0.4 is 0 Å². The molecule has 0 atom stereocenters. The van der Waals surface area contributed by atoms with E-state index in [0.717, 1.165) is 30.1 Å². The molecule has 0 aliphatic heterocycles. The zero-order valence-corrected chi connectivity index (χ0v) is 11.2. The van der Waals surface area contributed by atoms with Crippen molar-refractivity contribution < 1.29 is 4.57 Å². The van der Waals surface area contributed by atoms with Crippen LogP contribution in [0.25, 0.3) is 0 Å². The van der Waals surface area contributed by atoms with Gasteiger partial charge >= 0.3 is 0 Å². The zero-order valence-electron chi connectivity index (χ0n) is 9.48. The summed E-state index contributed by atoms with van der Waals surface area (Å²) < 4.78 is 12.5. The second-order valence-electron chi connectivity index (χ2n) is 3.67. The van der Waals surface area contributed by atoms with Crippen LogP contribution in [0.2, 0.25) is 0 Å². The van der Waals surface area contributed by atoms with Crippen LogP contribution in [0, 0.1) is 0 Å². The van der Waals surface area contributed by atoms with Gasteiger partial charge in [-0.15, -0.1) is 0 Å². The Bertz CT molecular complexity index is 314.